The number of nitrogens with zero attached hydrogens (tertiary/aromatic N) is 1. The standard InChI is InChI=1S/C21H27N3O2/c1-16-9-8-10-17(2)21(16)22-19(25)14-23(3)15-20(26)24(4)13-18-11-6-5-7-12-18/h5-12H,13-15H2,1-4H3,(H,22,25)/p+1. The molecule has 0 fully saturated rings. The van der Waals surface area contributed by atoms with E-state index < -0.39 is 0 Å². The molecule has 0 heterocycles. The van der Waals surface area contributed by atoms with Gasteiger partial charge in [0.25, 0.3) is 11.8 Å². The second-order valence-corrected chi connectivity index (χ2v) is 6.86. The van der Waals surface area contributed by atoms with Gasteiger partial charge >= 0.3 is 0 Å². The van der Waals surface area contributed by atoms with Crippen molar-refractivity contribution in [3.05, 3.63) is 65.2 Å². The van der Waals surface area contributed by atoms with E-state index >= 15 is 0 Å². The van der Waals surface area contributed by atoms with Crippen molar-refractivity contribution >= 4 is 17.5 Å². The second-order valence-electron chi connectivity index (χ2n) is 6.86. The predicted molar refractivity (Wildman–Crippen MR) is 104 cm³/mol. The molecule has 0 saturated heterocycles. The first-order valence-electron chi connectivity index (χ1n) is 8.82. The molecule has 0 spiro atoms. The van der Waals surface area contributed by atoms with Gasteiger partial charge in [0, 0.05) is 19.3 Å². The number of likely N-dealkylation sites (N-methyl/N-ethyl adjacent to an activating group) is 2. The summed E-state index contributed by atoms with van der Waals surface area (Å²) in [5.74, 6) is -0.0652. The summed E-state index contributed by atoms with van der Waals surface area (Å²) in [5, 5.41) is 2.97. The quantitative estimate of drug-likeness (QED) is 0.790. The summed E-state index contributed by atoms with van der Waals surface area (Å²) < 4.78 is 0. The molecule has 5 nitrogen and oxygen atoms in total. The molecule has 0 aliphatic rings. The lowest BCUT2D eigenvalue weighted by atomic mass is 10.1. The fourth-order valence-electron chi connectivity index (χ4n) is 2.87. The molecule has 0 aliphatic heterocycles. The van der Waals surface area contributed by atoms with Crippen molar-refractivity contribution in [2.24, 2.45) is 0 Å². The van der Waals surface area contributed by atoms with E-state index in [9.17, 15) is 9.59 Å². The average Bonchev–Trinajstić information content (AvgIpc) is 2.59. The summed E-state index contributed by atoms with van der Waals surface area (Å²) >= 11 is 0. The molecule has 1 atom stereocenters. The largest absolute Gasteiger partial charge is 0.337 e. The molecule has 0 aliphatic carbocycles. The van der Waals surface area contributed by atoms with Crippen molar-refractivity contribution in [1.82, 2.24) is 4.90 Å². The van der Waals surface area contributed by atoms with E-state index in [2.05, 4.69) is 5.32 Å². The van der Waals surface area contributed by atoms with Crippen LogP contribution in [0.4, 0.5) is 5.69 Å². The Kier molecular flexibility index (Phi) is 6.92. The average molecular weight is 354 g/mol. The van der Waals surface area contributed by atoms with Gasteiger partial charge in [-0.05, 0) is 30.5 Å². The Morgan fingerprint density at radius 3 is 2.19 bits per heavy atom. The Morgan fingerprint density at radius 1 is 0.962 bits per heavy atom. The number of hydrogen-bond acceptors (Lipinski definition) is 2. The van der Waals surface area contributed by atoms with Crippen molar-refractivity contribution in [2.75, 3.05) is 32.5 Å². The van der Waals surface area contributed by atoms with Crippen LogP contribution in [0.2, 0.25) is 0 Å². The molecule has 138 valence electrons. The third-order valence-corrected chi connectivity index (χ3v) is 4.35. The van der Waals surface area contributed by atoms with Crippen molar-refractivity contribution in [2.45, 2.75) is 20.4 Å². The van der Waals surface area contributed by atoms with E-state index in [1.165, 1.54) is 0 Å². The summed E-state index contributed by atoms with van der Waals surface area (Å²) in [6, 6.07) is 15.8. The lowest BCUT2D eigenvalue weighted by Gasteiger charge is -2.20. The highest BCUT2D eigenvalue weighted by atomic mass is 16.2. The molecule has 2 N–H and O–H groups in total. The van der Waals surface area contributed by atoms with Crippen LogP contribution >= 0.6 is 0 Å². The number of quaternary nitrogens is 1. The van der Waals surface area contributed by atoms with E-state index in [-0.39, 0.29) is 24.9 Å². The predicted octanol–water partition coefficient (Wildman–Crippen LogP) is 1.42. The van der Waals surface area contributed by atoms with E-state index in [1.807, 2.05) is 69.4 Å². The van der Waals surface area contributed by atoms with Crippen LogP contribution in [-0.2, 0) is 16.1 Å². The van der Waals surface area contributed by atoms with Gasteiger partial charge < -0.3 is 15.1 Å². The smallest absolute Gasteiger partial charge is 0.279 e. The molecule has 26 heavy (non-hydrogen) atoms. The number of rotatable bonds is 7. The normalized spacial score (nSPS) is 11.7. The molecule has 0 saturated carbocycles. The van der Waals surface area contributed by atoms with E-state index in [1.54, 1.807) is 11.9 Å². The fraction of sp³-hybridized carbons (Fsp3) is 0.333. The number of anilines is 1. The van der Waals surface area contributed by atoms with Gasteiger partial charge in [0.2, 0.25) is 0 Å². The number of amides is 2. The van der Waals surface area contributed by atoms with Crippen LogP contribution in [0.3, 0.4) is 0 Å². The lowest BCUT2D eigenvalue weighted by molar-refractivity contribution is -0.862. The van der Waals surface area contributed by atoms with Gasteiger partial charge in [-0.1, -0.05) is 48.5 Å². The molecule has 2 aromatic rings. The maximum atomic E-state index is 12.4. The number of carbonyl (C=O) groups excluding carboxylic acids is 2. The van der Waals surface area contributed by atoms with Gasteiger partial charge in [0.1, 0.15) is 0 Å². The first kappa shape index (κ1) is 19.7. The van der Waals surface area contributed by atoms with Crippen LogP contribution in [0.15, 0.2) is 48.5 Å². The Labute approximate surface area is 155 Å². The van der Waals surface area contributed by atoms with Crippen LogP contribution in [-0.4, -0.2) is 43.9 Å². The van der Waals surface area contributed by atoms with Crippen LogP contribution in [0.1, 0.15) is 16.7 Å². The minimum atomic E-state index is -0.0848. The second kappa shape index (κ2) is 9.15. The minimum Gasteiger partial charge on any atom is -0.337 e. The van der Waals surface area contributed by atoms with Crippen LogP contribution < -0.4 is 10.2 Å². The highest BCUT2D eigenvalue weighted by Gasteiger charge is 2.18. The van der Waals surface area contributed by atoms with Gasteiger partial charge in [0.05, 0.1) is 7.05 Å². The van der Waals surface area contributed by atoms with Crippen molar-refractivity contribution in [3.63, 3.8) is 0 Å². The number of hydrogen-bond donors (Lipinski definition) is 2. The lowest BCUT2D eigenvalue weighted by Crippen LogP contribution is -3.11. The third kappa shape index (κ3) is 5.70. The Hall–Kier alpha value is -2.66. The van der Waals surface area contributed by atoms with Crippen LogP contribution in [0, 0.1) is 13.8 Å². The molecule has 2 amide bonds. The Balaban J connectivity index is 1.84. The highest BCUT2D eigenvalue weighted by molar-refractivity contribution is 5.93. The van der Waals surface area contributed by atoms with Crippen LogP contribution in [0.25, 0.3) is 0 Å². The first-order chi connectivity index (χ1) is 12.4. The fourth-order valence-corrected chi connectivity index (χ4v) is 2.87. The van der Waals surface area contributed by atoms with Gasteiger partial charge in [-0.25, -0.2) is 0 Å². The first-order valence-corrected chi connectivity index (χ1v) is 8.82. The van der Waals surface area contributed by atoms with Gasteiger partial charge in [-0.2, -0.15) is 0 Å². The number of carbonyl (C=O) groups is 2. The van der Waals surface area contributed by atoms with Crippen molar-refractivity contribution in [1.29, 1.82) is 0 Å². The SMILES string of the molecule is Cc1cccc(C)c1NC(=O)C[NH+](C)CC(=O)N(C)Cc1ccccc1. The number of para-hydroxylation sites is 1. The maximum Gasteiger partial charge on any atom is 0.279 e. The van der Waals surface area contributed by atoms with Crippen molar-refractivity contribution in [3.8, 4) is 0 Å². The zero-order chi connectivity index (χ0) is 19.1. The number of aryl methyl sites for hydroxylation is 2. The van der Waals surface area contributed by atoms with Crippen LogP contribution in [0.5, 0.6) is 0 Å². The van der Waals surface area contributed by atoms with E-state index in [0.29, 0.717) is 6.54 Å². The zero-order valence-electron chi connectivity index (χ0n) is 16.0. The van der Waals surface area contributed by atoms with E-state index in [4.69, 9.17) is 0 Å². The summed E-state index contributed by atoms with van der Waals surface area (Å²) in [6.07, 6.45) is 0. The number of nitrogens with one attached hydrogen (secondary N) is 2. The summed E-state index contributed by atoms with van der Waals surface area (Å²) in [5.41, 5.74) is 4.02. The minimum absolute atomic E-state index is 0.0197. The molecule has 0 aromatic heterocycles. The topological polar surface area (TPSA) is 53.9 Å². The third-order valence-electron chi connectivity index (χ3n) is 4.35. The number of benzene rings is 2. The van der Waals surface area contributed by atoms with Gasteiger partial charge in [-0.3, -0.25) is 9.59 Å². The summed E-state index contributed by atoms with van der Waals surface area (Å²) in [6.45, 7) is 5.05. The monoisotopic (exact) mass is 354 g/mol. The van der Waals surface area contributed by atoms with E-state index in [0.717, 1.165) is 27.3 Å². The summed E-state index contributed by atoms with van der Waals surface area (Å²) in [4.78, 5) is 27.2. The molecular formula is C21H28N3O2+. The Bertz CT molecular complexity index is 739. The highest BCUT2D eigenvalue weighted by Crippen LogP contribution is 2.18. The van der Waals surface area contributed by atoms with Gasteiger partial charge in [0.15, 0.2) is 13.1 Å². The molecule has 0 radical (unpaired) electrons. The molecule has 2 rings (SSSR count). The molecule has 2 aromatic carbocycles. The molecular weight excluding hydrogens is 326 g/mol. The Morgan fingerprint density at radius 2 is 1.58 bits per heavy atom. The maximum absolute atomic E-state index is 12.4. The van der Waals surface area contributed by atoms with Gasteiger partial charge in [-0.15, -0.1) is 0 Å². The molecule has 1 unspecified atom stereocenters. The van der Waals surface area contributed by atoms with Crippen molar-refractivity contribution < 1.29 is 14.5 Å². The zero-order valence-corrected chi connectivity index (χ0v) is 16.0. The molecule has 5 heteroatoms. The summed E-state index contributed by atoms with van der Waals surface area (Å²) in [7, 11) is 3.65. The molecule has 0 bridgehead atoms.